The van der Waals surface area contributed by atoms with Gasteiger partial charge in [-0.05, 0) is 78.8 Å². The molecule has 0 spiro atoms. The summed E-state index contributed by atoms with van der Waals surface area (Å²) in [5.41, 5.74) is 5.33. The minimum Gasteiger partial charge on any atom is -0.490 e. The standard InChI is InChI=1S/C31H34N2O4/c1-5-36-26-17-21-15-16-33-29(25(21)18-27(26)37-6-2)28(23-9-7-8-10-24(23)31(33)35)30(34)32-22-13-11-20(12-14-22)19(3)4/h7-14,17-19,28-29H,5-6,15-16H2,1-4H3,(H,32,34). The van der Waals surface area contributed by atoms with Crippen molar-refractivity contribution >= 4 is 17.5 Å². The number of hydrogen-bond donors (Lipinski definition) is 1. The summed E-state index contributed by atoms with van der Waals surface area (Å²) in [6.45, 7) is 9.73. The third-order valence-corrected chi connectivity index (χ3v) is 7.31. The Labute approximate surface area is 218 Å². The molecule has 1 N–H and O–H groups in total. The van der Waals surface area contributed by atoms with Gasteiger partial charge < -0.3 is 19.7 Å². The van der Waals surface area contributed by atoms with E-state index in [1.54, 1.807) is 0 Å². The summed E-state index contributed by atoms with van der Waals surface area (Å²) in [5.74, 6) is 1.01. The van der Waals surface area contributed by atoms with E-state index in [4.69, 9.17) is 9.47 Å². The van der Waals surface area contributed by atoms with Crippen molar-refractivity contribution in [3.05, 3.63) is 88.5 Å². The van der Waals surface area contributed by atoms with Crippen molar-refractivity contribution in [2.45, 2.75) is 52.0 Å². The zero-order valence-electron chi connectivity index (χ0n) is 21.9. The van der Waals surface area contributed by atoms with E-state index >= 15 is 0 Å². The molecule has 3 aromatic rings. The molecule has 0 radical (unpaired) electrons. The Morgan fingerprint density at radius 1 is 0.973 bits per heavy atom. The van der Waals surface area contributed by atoms with E-state index in [9.17, 15) is 9.59 Å². The van der Waals surface area contributed by atoms with Crippen molar-refractivity contribution < 1.29 is 19.1 Å². The molecule has 2 amide bonds. The second-order valence-electron chi connectivity index (χ2n) is 9.89. The van der Waals surface area contributed by atoms with Crippen molar-refractivity contribution in [3.8, 4) is 11.5 Å². The molecule has 2 unspecified atom stereocenters. The Morgan fingerprint density at radius 2 is 1.65 bits per heavy atom. The summed E-state index contributed by atoms with van der Waals surface area (Å²) in [6, 6.07) is 19.0. The maximum atomic E-state index is 14.0. The molecule has 6 heteroatoms. The number of carbonyl (C=O) groups is 2. The lowest BCUT2D eigenvalue weighted by Crippen LogP contribution is -2.49. The van der Waals surface area contributed by atoms with Crippen LogP contribution in [-0.2, 0) is 11.2 Å². The summed E-state index contributed by atoms with van der Waals surface area (Å²) < 4.78 is 11.8. The third-order valence-electron chi connectivity index (χ3n) is 7.31. The molecule has 0 aromatic heterocycles. The molecule has 2 heterocycles. The van der Waals surface area contributed by atoms with E-state index in [1.807, 2.05) is 79.4 Å². The quantitative estimate of drug-likeness (QED) is 0.429. The topological polar surface area (TPSA) is 67.9 Å². The molecule has 2 aliphatic heterocycles. The molecule has 0 bridgehead atoms. The van der Waals surface area contributed by atoms with Gasteiger partial charge in [0.25, 0.3) is 5.91 Å². The van der Waals surface area contributed by atoms with Crippen molar-refractivity contribution in [3.63, 3.8) is 0 Å². The number of fused-ring (bicyclic) bond motifs is 4. The van der Waals surface area contributed by atoms with Crippen LogP contribution in [0.1, 0.15) is 78.2 Å². The molecule has 2 atom stereocenters. The second kappa shape index (κ2) is 10.3. The normalized spacial score (nSPS) is 18.1. The molecule has 0 saturated heterocycles. The molecule has 3 aromatic carbocycles. The smallest absolute Gasteiger partial charge is 0.254 e. The Morgan fingerprint density at radius 3 is 2.32 bits per heavy atom. The van der Waals surface area contributed by atoms with Crippen LogP contribution in [0.15, 0.2) is 60.7 Å². The first-order valence-electron chi connectivity index (χ1n) is 13.2. The van der Waals surface area contributed by atoms with E-state index in [1.165, 1.54) is 5.56 Å². The first kappa shape index (κ1) is 24.9. The highest BCUT2D eigenvalue weighted by Gasteiger charge is 2.46. The molecule has 2 aliphatic rings. The van der Waals surface area contributed by atoms with Crippen molar-refractivity contribution in [2.75, 3.05) is 25.1 Å². The highest BCUT2D eigenvalue weighted by atomic mass is 16.5. The predicted octanol–water partition coefficient (Wildman–Crippen LogP) is 6.08. The number of amides is 2. The van der Waals surface area contributed by atoms with Gasteiger partial charge in [0.1, 0.15) is 0 Å². The number of nitrogens with zero attached hydrogens (tertiary/aromatic N) is 1. The fraction of sp³-hybridized carbons (Fsp3) is 0.355. The number of ether oxygens (including phenoxy) is 2. The van der Waals surface area contributed by atoms with Crippen LogP contribution in [-0.4, -0.2) is 36.5 Å². The average molecular weight is 499 g/mol. The van der Waals surface area contributed by atoms with Gasteiger partial charge in [0, 0.05) is 17.8 Å². The maximum Gasteiger partial charge on any atom is 0.254 e. The molecule has 192 valence electrons. The van der Waals surface area contributed by atoms with Crippen molar-refractivity contribution in [1.29, 1.82) is 0 Å². The summed E-state index contributed by atoms with van der Waals surface area (Å²) in [6.07, 6.45) is 0.692. The summed E-state index contributed by atoms with van der Waals surface area (Å²) in [5, 5.41) is 3.14. The monoisotopic (exact) mass is 498 g/mol. The molecule has 37 heavy (non-hydrogen) atoms. The van der Waals surface area contributed by atoms with Crippen LogP contribution in [0.2, 0.25) is 0 Å². The number of carbonyl (C=O) groups excluding carboxylic acids is 2. The molecule has 0 aliphatic carbocycles. The van der Waals surface area contributed by atoms with Gasteiger partial charge in [0.05, 0.1) is 25.2 Å². The van der Waals surface area contributed by atoms with E-state index in [-0.39, 0.29) is 11.8 Å². The van der Waals surface area contributed by atoms with E-state index < -0.39 is 12.0 Å². The van der Waals surface area contributed by atoms with Gasteiger partial charge in [-0.15, -0.1) is 0 Å². The fourth-order valence-electron chi connectivity index (χ4n) is 5.53. The molecule has 0 saturated carbocycles. The Kier molecular flexibility index (Phi) is 6.92. The Balaban J connectivity index is 1.60. The number of hydrogen-bond acceptors (Lipinski definition) is 4. The molecule has 5 rings (SSSR count). The molecular formula is C31H34N2O4. The van der Waals surface area contributed by atoms with Crippen molar-refractivity contribution in [1.82, 2.24) is 4.90 Å². The second-order valence-corrected chi connectivity index (χ2v) is 9.89. The highest BCUT2D eigenvalue weighted by molar-refractivity contribution is 6.04. The van der Waals surface area contributed by atoms with Crippen LogP contribution < -0.4 is 14.8 Å². The Hall–Kier alpha value is -3.80. The predicted molar refractivity (Wildman–Crippen MR) is 145 cm³/mol. The lowest BCUT2D eigenvalue weighted by atomic mass is 9.75. The van der Waals surface area contributed by atoms with Crippen LogP contribution in [0, 0.1) is 0 Å². The molecule has 6 nitrogen and oxygen atoms in total. The minimum atomic E-state index is -0.565. The summed E-state index contributed by atoms with van der Waals surface area (Å²) in [7, 11) is 0. The zero-order valence-corrected chi connectivity index (χ0v) is 21.9. The summed E-state index contributed by atoms with van der Waals surface area (Å²) in [4.78, 5) is 29.5. The average Bonchev–Trinajstić information content (AvgIpc) is 2.90. The van der Waals surface area contributed by atoms with Gasteiger partial charge >= 0.3 is 0 Å². The van der Waals surface area contributed by atoms with Gasteiger partial charge in [-0.25, -0.2) is 0 Å². The first-order chi connectivity index (χ1) is 17.9. The van der Waals surface area contributed by atoms with Gasteiger partial charge in [0.2, 0.25) is 5.91 Å². The van der Waals surface area contributed by atoms with Gasteiger partial charge in [0.15, 0.2) is 11.5 Å². The zero-order chi connectivity index (χ0) is 26.1. The van der Waals surface area contributed by atoms with Gasteiger partial charge in [-0.2, -0.15) is 0 Å². The Bertz CT molecular complexity index is 1320. The first-order valence-corrected chi connectivity index (χ1v) is 13.2. The number of rotatable bonds is 7. The largest absolute Gasteiger partial charge is 0.490 e. The lowest BCUT2D eigenvalue weighted by Gasteiger charge is -2.45. The van der Waals surface area contributed by atoms with E-state index in [0.29, 0.717) is 49.2 Å². The number of benzene rings is 3. The third kappa shape index (κ3) is 4.57. The van der Waals surface area contributed by atoms with Crippen LogP contribution in [0.3, 0.4) is 0 Å². The molecular weight excluding hydrogens is 464 g/mol. The lowest BCUT2D eigenvalue weighted by molar-refractivity contribution is -0.119. The SMILES string of the molecule is CCOc1cc2c(cc1OCC)C1C(C(=O)Nc3ccc(C(C)C)cc3)c3ccccc3C(=O)N1CC2. The van der Waals surface area contributed by atoms with Crippen LogP contribution >= 0.6 is 0 Å². The van der Waals surface area contributed by atoms with Gasteiger partial charge in [-0.1, -0.05) is 44.2 Å². The van der Waals surface area contributed by atoms with Crippen molar-refractivity contribution in [2.24, 2.45) is 0 Å². The van der Waals surface area contributed by atoms with Gasteiger partial charge in [-0.3, -0.25) is 9.59 Å². The highest BCUT2D eigenvalue weighted by Crippen LogP contribution is 2.48. The summed E-state index contributed by atoms with van der Waals surface area (Å²) >= 11 is 0. The van der Waals surface area contributed by atoms with Crippen LogP contribution in [0.25, 0.3) is 0 Å². The number of anilines is 1. The maximum absolute atomic E-state index is 14.0. The minimum absolute atomic E-state index is 0.0385. The van der Waals surface area contributed by atoms with E-state index in [0.717, 1.165) is 22.4 Å². The van der Waals surface area contributed by atoms with E-state index in [2.05, 4.69) is 19.2 Å². The molecule has 0 fully saturated rings. The van der Waals surface area contributed by atoms with Crippen LogP contribution in [0.4, 0.5) is 5.69 Å². The fourth-order valence-corrected chi connectivity index (χ4v) is 5.53. The number of nitrogens with one attached hydrogen (secondary N) is 1. The van der Waals surface area contributed by atoms with Crippen LogP contribution in [0.5, 0.6) is 11.5 Å².